The summed E-state index contributed by atoms with van der Waals surface area (Å²) in [5.74, 6) is -0.180. The molecular formula is C15H30Cl2O3Si. The van der Waals surface area contributed by atoms with Gasteiger partial charge >= 0.3 is 12.9 Å². The maximum Gasteiger partial charge on any atom is 0.389 e. The van der Waals surface area contributed by atoms with Crippen molar-refractivity contribution in [2.75, 3.05) is 13.2 Å². The number of unbranched alkanes of at least 4 members (excludes halogenated alkanes) is 8. The number of esters is 1. The Kier molecular flexibility index (Phi) is 14.0. The summed E-state index contributed by atoms with van der Waals surface area (Å²) in [6, 6.07) is 0.833. The highest BCUT2D eigenvalue weighted by Gasteiger charge is 2.28. The van der Waals surface area contributed by atoms with Crippen LogP contribution in [0, 0.1) is 0 Å². The minimum absolute atomic E-state index is 0.180. The van der Waals surface area contributed by atoms with Crippen LogP contribution in [0.4, 0.5) is 0 Å². The molecule has 0 aliphatic carbocycles. The van der Waals surface area contributed by atoms with Gasteiger partial charge in [0.25, 0.3) is 0 Å². The first-order valence-corrected chi connectivity index (χ1v) is 12.3. The number of carbonyl (C=O) groups is 1. The summed E-state index contributed by atoms with van der Waals surface area (Å²) in [4.78, 5) is 10.6. The van der Waals surface area contributed by atoms with E-state index in [1.165, 1.54) is 45.4 Å². The summed E-state index contributed by atoms with van der Waals surface area (Å²) in [5, 5.41) is 0. The van der Waals surface area contributed by atoms with Gasteiger partial charge in [-0.15, -0.1) is 22.2 Å². The molecule has 0 aliphatic heterocycles. The van der Waals surface area contributed by atoms with Crippen LogP contribution in [0.5, 0.6) is 0 Å². The van der Waals surface area contributed by atoms with E-state index >= 15 is 0 Å². The second kappa shape index (κ2) is 13.9. The van der Waals surface area contributed by atoms with Crippen LogP contribution in [0.3, 0.4) is 0 Å². The third-order valence-corrected chi connectivity index (χ3v) is 6.71. The van der Waals surface area contributed by atoms with Crippen LogP contribution in [-0.4, -0.2) is 26.1 Å². The van der Waals surface area contributed by atoms with Crippen LogP contribution < -0.4 is 0 Å². The Morgan fingerprint density at radius 1 is 0.905 bits per heavy atom. The normalized spacial score (nSPS) is 11.6. The van der Waals surface area contributed by atoms with E-state index in [2.05, 4.69) is 0 Å². The molecule has 0 aliphatic rings. The van der Waals surface area contributed by atoms with Crippen molar-refractivity contribution in [1.82, 2.24) is 0 Å². The van der Waals surface area contributed by atoms with Crippen LogP contribution in [-0.2, 0) is 14.0 Å². The Morgan fingerprint density at radius 2 is 1.38 bits per heavy atom. The smallest absolute Gasteiger partial charge is 0.389 e. The van der Waals surface area contributed by atoms with Crippen molar-refractivity contribution in [3.63, 3.8) is 0 Å². The van der Waals surface area contributed by atoms with Gasteiger partial charge in [0.15, 0.2) is 0 Å². The van der Waals surface area contributed by atoms with Gasteiger partial charge in [-0.25, -0.2) is 0 Å². The minimum Gasteiger partial charge on any atom is -0.466 e. The Hall–Kier alpha value is 0.227. The average Bonchev–Trinajstić information content (AvgIpc) is 2.39. The van der Waals surface area contributed by atoms with Crippen molar-refractivity contribution in [1.29, 1.82) is 0 Å². The summed E-state index contributed by atoms with van der Waals surface area (Å²) in [5.41, 5.74) is 0. The fourth-order valence-electron chi connectivity index (χ4n) is 2.17. The first-order valence-electron chi connectivity index (χ1n) is 8.13. The quantitative estimate of drug-likeness (QED) is 0.178. The standard InChI is InChI=1S/C15H30Cl2O3Si/c1-3-20-21(16,17)14-12-10-8-6-4-5-7-9-11-13-19-15(2)18/h3-14H2,1-2H3. The molecule has 0 atom stereocenters. The molecular weight excluding hydrogens is 327 g/mol. The van der Waals surface area contributed by atoms with Crippen molar-refractivity contribution in [2.45, 2.75) is 77.7 Å². The second-order valence-corrected chi connectivity index (χ2v) is 11.6. The van der Waals surface area contributed by atoms with Gasteiger partial charge in [-0.2, -0.15) is 0 Å². The van der Waals surface area contributed by atoms with Gasteiger partial charge in [0.1, 0.15) is 0 Å². The van der Waals surface area contributed by atoms with E-state index in [0.29, 0.717) is 13.2 Å². The van der Waals surface area contributed by atoms with Crippen molar-refractivity contribution in [2.24, 2.45) is 0 Å². The lowest BCUT2D eigenvalue weighted by Crippen LogP contribution is -2.23. The molecule has 0 saturated heterocycles. The summed E-state index contributed by atoms with van der Waals surface area (Å²) in [7, 11) is 0. The molecule has 0 aromatic rings. The molecule has 0 fully saturated rings. The fourth-order valence-corrected chi connectivity index (χ4v) is 4.85. The van der Waals surface area contributed by atoms with Gasteiger partial charge in [0.05, 0.1) is 6.61 Å². The second-order valence-electron chi connectivity index (χ2n) is 5.34. The molecule has 126 valence electrons. The number of hydrogen-bond donors (Lipinski definition) is 0. The zero-order valence-electron chi connectivity index (χ0n) is 13.5. The third-order valence-electron chi connectivity index (χ3n) is 3.27. The average molecular weight is 357 g/mol. The number of rotatable bonds is 14. The van der Waals surface area contributed by atoms with Gasteiger partial charge < -0.3 is 9.16 Å². The highest BCUT2D eigenvalue weighted by molar-refractivity contribution is 7.42. The van der Waals surface area contributed by atoms with E-state index in [1.807, 2.05) is 6.92 Å². The maximum atomic E-state index is 10.6. The lowest BCUT2D eigenvalue weighted by molar-refractivity contribution is -0.141. The zero-order valence-corrected chi connectivity index (χ0v) is 16.0. The number of hydrogen-bond acceptors (Lipinski definition) is 3. The largest absolute Gasteiger partial charge is 0.466 e. The number of carbonyl (C=O) groups excluding carboxylic acids is 1. The Balaban J connectivity index is 3.17. The molecule has 0 amide bonds. The van der Waals surface area contributed by atoms with Crippen molar-refractivity contribution >= 4 is 35.1 Å². The van der Waals surface area contributed by atoms with Gasteiger partial charge in [-0.05, 0) is 19.4 Å². The minimum atomic E-state index is -2.40. The monoisotopic (exact) mass is 356 g/mol. The summed E-state index contributed by atoms with van der Waals surface area (Å²) >= 11 is 12.3. The Labute approximate surface area is 140 Å². The van der Waals surface area contributed by atoms with Crippen LogP contribution >= 0.6 is 22.2 Å². The first kappa shape index (κ1) is 21.2. The molecule has 3 nitrogen and oxygen atoms in total. The van der Waals surface area contributed by atoms with Crippen LogP contribution in [0.15, 0.2) is 0 Å². The molecule has 0 unspecified atom stereocenters. The highest BCUT2D eigenvalue weighted by atomic mass is 35.7. The molecule has 0 rings (SSSR count). The van der Waals surface area contributed by atoms with Gasteiger partial charge in [-0.1, -0.05) is 51.4 Å². The summed E-state index contributed by atoms with van der Waals surface area (Å²) in [6.45, 7) is 2.16. The SMILES string of the molecule is CCO[Si](Cl)(Cl)CCCCCCCCCCCOC(C)=O. The van der Waals surface area contributed by atoms with E-state index in [-0.39, 0.29) is 5.97 Å². The van der Waals surface area contributed by atoms with Crippen molar-refractivity contribution < 1.29 is 14.0 Å². The van der Waals surface area contributed by atoms with E-state index in [0.717, 1.165) is 25.3 Å². The van der Waals surface area contributed by atoms with E-state index in [9.17, 15) is 4.79 Å². The van der Waals surface area contributed by atoms with E-state index < -0.39 is 6.94 Å². The predicted molar refractivity (Wildman–Crippen MR) is 92.1 cm³/mol. The van der Waals surface area contributed by atoms with Crippen LogP contribution in [0.25, 0.3) is 0 Å². The molecule has 21 heavy (non-hydrogen) atoms. The van der Waals surface area contributed by atoms with Crippen LogP contribution in [0.1, 0.15) is 71.6 Å². The molecule has 0 saturated carbocycles. The van der Waals surface area contributed by atoms with Crippen LogP contribution in [0.2, 0.25) is 6.04 Å². The molecule has 0 aromatic carbocycles. The van der Waals surface area contributed by atoms with E-state index in [4.69, 9.17) is 31.3 Å². The number of ether oxygens (including phenoxy) is 1. The molecule has 0 aromatic heterocycles. The third kappa shape index (κ3) is 16.4. The molecule has 0 spiro atoms. The lowest BCUT2D eigenvalue weighted by atomic mass is 10.1. The van der Waals surface area contributed by atoms with Gasteiger partial charge in [0.2, 0.25) is 0 Å². The molecule has 6 heteroatoms. The summed E-state index contributed by atoms with van der Waals surface area (Å²) in [6.07, 6.45) is 10.7. The molecule has 0 N–H and O–H groups in total. The first-order chi connectivity index (χ1) is 9.98. The lowest BCUT2D eigenvalue weighted by Gasteiger charge is -2.15. The maximum absolute atomic E-state index is 10.6. The molecule has 0 radical (unpaired) electrons. The topological polar surface area (TPSA) is 35.5 Å². The van der Waals surface area contributed by atoms with Crippen molar-refractivity contribution in [3.05, 3.63) is 0 Å². The fraction of sp³-hybridized carbons (Fsp3) is 0.933. The Bertz CT molecular complexity index is 263. The van der Waals surface area contributed by atoms with Crippen molar-refractivity contribution in [3.8, 4) is 0 Å². The highest BCUT2D eigenvalue weighted by Crippen LogP contribution is 2.25. The zero-order chi connectivity index (χ0) is 16.0. The molecule has 0 bridgehead atoms. The number of halogens is 2. The summed E-state index contributed by atoms with van der Waals surface area (Å²) < 4.78 is 10.3. The van der Waals surface area contributed by atoms with E-state index in [1.54, 1.807) is 0 Å². The van der Waals surface area contributed by atoms with Gasteiger partial charge in [-0.3, -0.25) is 4.79 Å². The molecule has 0 heterocycles. The Morgan fingerprint density at radius 3 is 1.86 bits per heavy atom. The predicted octanol–water partition coefficient (Wildman–Crippen LogP) is 5.51. The van der Waals surface area contributed by atoms with Gasteiger partial charge in [0, 0.05) is 13.5 Å².